The Morgan fingerprint density at radius 3 is 2.40 bits per heavy atom. The number of halogens is 2. The smallest absolute Gasteiger partial charge is 0.261 e. The van der Waals surface area contributed by atoms with Crippen LogP contribution in [-0.2, 0) is 9.05 Å². The van der Waals surface area contributed by atoms with Crippen LogP contribution in [0.25, 0.3) is 0 Å². The average Bonchev–Trinajstić information content (AvgIpc) is 2.06. The van der Waals surface area contributed by atoms with Gasteiger partial charge in [-0.1, -0.05) is 0 Å². The molecule has 0 unspecified atom stereocenters. The van der Waals surface area contributed by atoms with Crippen LogP contribution in [0.4, 0.5) is 4.39 Å². The molecule has 0 aliphatic carbocycles. The van der Waals surface area contributed by atoms with Crippen molar-refractivity contribution >= 4 is 25.6 Å². The molecule has 0 atom stereocenters. The Morgan fingerprint density at radius 1 is 1.47 bits per heavy atom. The summed E-state index contributed by atoms with van der Waals surface area (Å²) in [5.74, 6) is -1.76. The lowest BCUT2D eigenvalue weighted by molar-refractivity contribution is 0.0999. The van der Waals surface area contributed by atoms with Gasteiger partial charge in [0.1, 0.15) is 5.82 Å². The van der Waals surface area contributed by atoms with Crippen molar-refractivity contribution < 1.29 is 17.6 Å². The monoisotopic (exact) mass is 251 g/mol. The molecule has 15 heavy (non-hydrogen) atoms. The molecule has 1 aromatic carbocycles. The summed E-state index contributed by atoms with van der Waals surface area (Å²) in [5, 5.41) is 0. The molecule has 1 rings (SSSR count). The van der Waals surface area contributed by atoms with E-state index in [1.807, 2.05) is 0 Å². The van der Waals surface area contributed by atoms with Crippen LogP contribution in [0.3, 0.4) is 0 Å². The SMILES string of the molecule is Cc1c(F)cc(C(N)=O)cc1S(=O)(=O)Cl. The molecule has 0 aromatic heterocycles. The van der Waals surface area contributed by atoms with E-state index in [1.165, 1.54) is 6.92 Å². The van der Waals surface area contributed by atoms with Gasteiger partial charge < -0.3 is 5.73 Å². The molecule has 1 aromatic rings. The first-order valence-corrected chi connectivity index (χ1v) is 6.09. The zero-order valence-electron chi connectivity index (χ0n) is 7.62. The maximum Gasteiger partial charge on any atom is 0.261 e. The normalized spacial score (nSPS) is 11.4. The van der Waals surface area contributed by atoms with Gasteiger partial charge in [0.25, 0.3) is 9.05 Å². The first-order chi connectivity index (χ1) is 6.73. The summed E-state index contributed by atoms with van der Waals surface area (Å²) in [6, 6.07) is 1.81. The molecular formula is C8H7ClFNO3S. The lowest BCUT2D eigenvalue weighted by atomic mass is 10.1. The van der Waals surface area contributed by atoms with E-state index in [2.05, 4.69) is 0 Å². The molecule has 2 N–H and O–H groups in total. The third-order valence-electron chi connectivity index (χ3n) is 1.84. The zero-order chi connectivity index (χ0) is 11.8. The maximum absolute atomic E-state index is 13.2. The van der Waals surface area contributed by atoms with E-state index >= 15 is 0 Å². The fourth-order valence-corrected chi connectivity index (χ4v) is 2.26. The summed E-state index contributed by atoms with van der Waals surface area (Å²) in [5.41, 5.74) is 4.52. The zero-order valence-corrected chi connectivity index (χ0v) is 9.19. The first-order valence-electron chi connectivity index (χ1n) is 3.78. The van der Waals surface area contributed by atoms with Gasteiger partial charge in [0.15, 0.2) is 0 Å². The summed E-state index contributed by atoms with van der Waals surface area (Å²) in [6.07, 6.45) is 0. The number of primary amides is 1. The molecule has 4 nitrogen and oxygen atoms in total. The molecule has 0 aliphatic rings. The Bertz CT molecular complexity index is 527. The van der Waals surface area contributed by atoms with Gasteiger partial charge in [0, 0.05) is 21.8 Å². The molecule has 0 spiro atoms. The molecule has 0 saturated carbocycles. The van der Waals surface area contributed by atoms with E-state index in [-0.39, 0.29) is 11.1 Å². The highest BCUT2D eigenvalue weighted by Gasteiger charge is 2.19. The fraction of sp³-hybridized carbons (Fsp3) is 0.125. The lowest BCUT2D eigenvalue weighted by Crippen LogP contribution is -2.13. The molecule has 0 radical (unpaired) electrons. The second kappa shape index (κ2) is 3.79. The highest BCUT2D eigenvalue weighted by atomic mass is 35.7. The molecule has 0 bridgehead atoms. The molecule has 82 valence electrons. The third kappa shape index (κ3) is 2.45. The Kier molecular flexibility index (Phi) is 3.01. The number of benzene rings is 1. The minimum absolute atomic E-state index is 0.144. The molecular weight excluding hydrogens is 245 g/mol. The fourth-order valence-electron chi connectivity index (χ4n) is 1.05. The van der Waals surface area contributed by atoms with Crippen LogP contribution in [-0.4, -0.2) is 14.3 Å². The van der Waals surface area contributed by atoms with Crippen LogP contribution < -0.4 is 5.73 Å². The van der Waals surface area contributed by atoms with Crippen molar-refractivity contribution in [1.82, 2.24) is 0 Å². The van der Waals surface area contributed by atoms with Gasteiger partial charge in [-0.2, -0.15) is 0 Å². The Hall–Kier alpha value is -1.14. The summed E-state index contributed by atoms with van der Waals surface area (Å²) in [7, 11) is 0.978. The van der Waals surface area contributed by atoms with Gasteiger partial charge >= 0.3 is 0 Å². The number of carbonyl (C=O) groups excluding carboxylic acids is 1. The van der Waals surface area contributed by atoms with E-state index in [4.69, 9.17) is 16.4 Å². The van der Waals surface area contributed by atoms with Gasteiger partial charge in [-0.15, -0.1) is 0 Å². The van der Waals surface area contributed by atoms with Crippen molar-refractivity contribution in [1.29, 1.82) is 0 Å². The highest BCUT2D eigenvalue weighted by molar-refractivity contribution is 8.13. The summed E-state index contributed by atoms with van der Waals surface area (Å²) >= 11 is 0. The summed E-state index contributed by atoms with van der Waals surface area (Å²) in [6.45, 7) is 1.25. The molecule has 0 aliphatic heterocycles. The standard InChI is InChI=1S/C8H7ClFNO3S/c1-4-6(10)2-5(8(11)12)3-7(4)15(9,13)14/h2-3H,1H3,(H2,11,12). The Balaban J connectivity index is 3.59. The molecule has 0 saturated heterocycles. The molecule has 0 fully saturated rings. The minimum atomic E-state index is -4.09. The van der Waals surface area contributed by atoms with Gasteiger partial charge in [0.2, 0.25) is 5.91 Å². The topological polar surface area (TPSA) is 77.2 Å². The summed E-state index contributed by atoms with van der Waals surface area (Å²) < 4.78 is 35.3. The maximum atomic E-state index is 13.2. The van der Waals surface area contributed by atoms with Crippen LogP contribution in [0.15, 0.2) is 17.0 Å². The van der Waals surface area contributed by atoms with Crippen molar-refractivity contribution in [3.05, 3.63) is 29.1 Å². The van der Waals surface area contributed by atoms with E-state index in [1.54, 1.807) is 0 Å². The van der Waals surface area contributed by atoms with Crippen LogP contribution in [0.1, 0.15) is 15.9 Å². The van der Waals surface area contributed by atoms with E-state index < -0.39 is 25.7 Å². The van der Waals surface area contributed by atoms with Crippen LogP contribution in [0.5, 0.6) is 0 Å². The quantitative estimate of drug-likeness (QED) is 0.802. The predicted molar refractivity (Wildman–Crippen MR) is 52.7 cm³/mol. The van der Waals surface area contributed by atoms with Gasteiger partial charge in [-0.05, 0) is 19.1 Å². The predicted octanol–water partition coefficient (Wildman–Crippen LogP) is 1.16. The number of rotatable bonds is 2. The van der Waals surface area contributed by atoms with Gasteiger partial charge in [0.05, 0.1) is 4.90 Å². The number of carbonyl (C=O) groups is 1. The van der Waals surface area contributed by atoms with Crippen LogP contribution in [0.2, 0.25) is 0 Å². The van der Waals surface area contributed by atoms with Gasteiger partial charge in [-0.3, -0.25) is 4.79 Å². The summed E-state index contributed by atoms with van der Waals surface area (Å²) in [4.78, 5) is 10.3. The molecule has 7 heteroatoms. The van der Waals surface area contributed by atoms with Crippen molar-refractivity contribution in [3.63, 3.8) is 0 Å². The Labute approximate surface area is 90.3 Å². The lowest BCUT2D eigenvalue weighted by Gasteiger charge is -2.05. The number of amides is 1. The van der Waals surface area contributed by atoms with E-state index in [0.717, 1.165) is 12.1 Å². The minimum Gasteiger partial charge on any atom is -0.366 e. The van der Waals surface area contributed by atoms with Crippen molar-refractivity contribution in [2.75, 3.05) is 0 Å². The van der Waals surface area contributed by atoms with E-state index in [9.17, 15) is 17.6 Å². The molecule has 0 heterocycles. The van der Waals surface area contributed by atoms with Crippen molar-refractivity contribution in [2.45, 2.75) is 11.8 Å². The third-order valence-corrected chi connectivity index (χ3v) is 3.29. The van der Waals surface area contributed by atoms with Crippen LogP contribution >= 0.6 is 10.7 Å². The number of hydrogen-bond acceptors (Lipinski definition) is 3. The highest BCUT2D eigenvalue weighted by Crippen LogP contribution is 2.23. The van der Waals surface area contributed by atoms with Crippen LogP contribution in [0, 0.1) is 12.7 Å². The van der Waals surface area contributed by atoms with Gasteiger partial charge in [-0.25, -0.2) is 12.8 Å². The second-order valence-electron chi connectivity index (χ2n) is 2.88. The number of nitrogens with two attached hydrogens (primary N) is 1. The largest absolute Gasteiger partial charge is 0.366 e. The van der Waals surface area contributed by atoms with Crippen molar-refractivity contribution in [2.24, 2.45) is 5.73 Å². The molecule has 1 amide bonds. The average molecular weight is 252 g/mol. The van der Waals surface area contributed by atoms with E-state index in [0.29, 0.717) is 0 Å². The Morgan fingerprint density at radius 2 is 2.00 bits per heavy atom. The van der Waals surface area contributed by atoms with Crippen molar-refractivity contribution in [3.8, 4) is 0 Å². The number of hydrogen-bond donors (Lipinski definition) is 1. The second-order valence-corrected chi connectivity index (χ2v) is 5.42. The first kappa shape index (κ1) is 11.9.